The molecule has 1 rings (SSSR count). The summed E-state index contributed by atoms with van der Waals surface area (Å²) in [5, 5.41) is 0.711. The van der Waals surface area contributed by atoms with Gasteiger partial charge in [-0.25, -0.2) is 0 Å². The molecular weight excluding hydrogens is 198 g/mol. The van der Waals surface area contributed by atoms with E-state index >= 15 is 0 Å². The Morgan fingerprint density at radius 2 is 2.14 bits per heavy atom. The Kier molecular flexibility index (Phi) is 4.23. The van der Waals surface area contributed by atoms with Crippen LogP contribution in [0.2, 0.25) is 5.02 Å². The summed E-state index contributed by atoms with van der Waals surface area (Å²) in [6.07, 6.45) is 0.870. The maximum atomic E-state index is 6.03. The highest BCUT2D eigenvalue weighted by molar-refractivity contribution is 6.31. The minimum absolute atomic E-state index is 0.0112. The number of hydrogen-bond acceptors (Lipinski definition) is 2. The van der Waals surface area contributed by atoms with Gasteiger partial charge in [0.15, 0.2) is 0 Å². The Hall–Kier alpha value is -0.730. The molecule has 0 aliphatic rings. The molecule has 0 radical (unpaired) electrons. The molecule has 0 aliphatic carbocycles. The van der Waals surface area contributed by atoms with Gasteiger partial charge >= 0.3 is 0 Å². The largest absolute Gasteiger partial charge is 0.494 e. The summed E-state index contributed by atoms with van der Waals surface area (Å²) < 4.78 is 5.38. The van der Waals surface area contributed by atoms with E-state index in [-0.39, 0.29) is 6.04 Å². The van der Waals surface area contributed by atoms with Gasteiger partial charge < -0.3 is 10.5 Å². The van der Waals surface area contributed by atoms with Crippen LogP contribution in [0.1, 0.15) is 31.9 Å². The number of hydrogen-bond donors (Lipinski definition) is 1. The lowest BCUT2D eigenvalue weighted by molar-refractivity contribution is 0.339. The van der Waals surface area contributed by atoms with Gasteiger partial charge in [0, 0.05) is 11.1 Å². The van der Waals surface area contributed by atoms with Gasteiger partial charge in [-0.05, 0) is 37.1 Å². The highest BCUT2D eigenvalue weighted by Gasteiger charge is 2.09. The summed E-state index contributed by atoms with van der Waals surface area (Å²) >= 11 is 6.03. The Labute approximate surface area is 90.0 Å². The van der Waals surface area contributed by atoms with E-state index in [1.165, 1.54) is 0 Å². The maximum Gasteiger partial charge on any atom is 0.119 e. The van der Waals surface area contributed by atoms with Crippen LogP contribution in [-0.2, 0) is 0 Å². The minimum Gasteiger partial charge on any atom is -0.494 e. The van der Waals surface area contributed by atoms with Crippen molar-refractivity contribution in [3.8, 4) is 5.75 Å². The van der Waals surface area contributed by atoms with E-state index in [2.05, 4.69) is 0 Å². The van der Waals surface area contributed by atoms with Gasteiger partial charge in [-0.2, -0.15) is 0 Å². The second-order valence-corrected chi connectivity index (χ2v) is 3.54. The lowest BCUT2D eigenvalue weighted by Crippen LogP contribution is -2.09. The van der Waals surface area contributed by atoms with Gasteiger partial charge in [-0.15, -0.1) is 0 Å². The molecule has 0 heterocycles. The molecule has 0 aliphatic heterocycles. The fraction of sp³-hybridized carbons (Fsp3) is 0.455. The summed E-state index contributed by atoms with van der Waals surface area (Å²) in [7, 11) is 0. The molecule has 1 aromatic carbocycles. The predicted octanol–water partition coefficient (Wildman–Crippen LogP) is 3.15. The van der Waals surface area contributed by atoms with Crippen LogP contribution in [0.25, 0.3) is 0 Å². The lowest BCUT2D eigenvalue weighted by atomic mass is 10.1. The normalized spacial score (nSPS) is 12.6. The highest BCUT2D eigenvalue weighted by atomic mass is 35.5. The molecule has 14 heavy (non-hydrogen) atoms. The summed E-state index contributed by atoms with van der Waals surface area (Å²) in [6, 6.07) is 5.60. The number of rotatable bonds is 4. The van der Waals surface area contributed by atoms with Crippen LogP contribution in [0.4, 0.5) is 0 Å². The van der Waals surface area contributed by atoms with Crippen LogP contribution in [-0.4, -0.2) is 6.61 Å². The topological polar surface area (TPSA) is 35.2 Å². The molecule has 1 unspecified atom stereocenters. The molecule has 0 saturated carbocycles. The van der Waals surface area contributed by atoms with Crippen molar-refractivity contribution in [1.82, 2.24) is 0 Å². The Morgan fingerprint density at radius 1 is 1.43 bits per heavy atom. The Balaban J connectivity index is 2.95. The van der Waals surface area contributed by atoms with E-state index in [1.807, 2.05) is 32.0 Å². The van der Waals surface area contributed by atoms with E-state index in [9.17, 15) is 0 Å². The van der Waals surface area contributed by atoms with Crippen molar-refractivity contribution in [2.75, 3.05) is 6.61 Å². The molecule has 0 bridgehead atoms. The molecule has 3 heteroatoms. The quantitative estimate of drug-likeness (QED) is 0.834. The van der Waals surface area contributed by atoms with Gasteiger partial charge in [0.05, 0.1) is 6.61 Å². The van der Waals surface area contributed by atoms with Crippen molar-refractivity contribution >= 4 is 11.6 Å². The van der Waals surface area contributed by atoms with Crippen molar-refractivity contribution in [2.24, 2.45) is 5.73 Å². The summed E-state index contributed by atoms with van der Waals surface area (Å²) in [4.78, 5) is 0. The van der Waals surface area contributed by atoms with Crippen LogP contribution in [0.3, 0.4) is 0 Å². The Bertz CT molecular complexity index is 301. The zero-order valence-electron chi connectivity index (χ0n) is 8.59. The zero-order chi connectivity index (χ0) is 10.6. The fourth-order valence-electron chi connectivity index (χ4n) is 1.28. The number of benzene rings is 1. The van der Waals surface area contributed by atoms with Crippen molar-refractivity contribution in [3.05, 3.63) is 28.8 Å². The van der Waals surface area contributed by atoms with E-state index in [1.54, 1.807) is 0 Å². The second kappa shape index (κ2) is 5.23. The number of halogens is 1. The lowest BCUT2D eigenvalue weighted by Gasteiger charge is -2.13. The fourth-order valence-corrected chi connectivity index (χ4v) is 1.54. The first kappa shape index (κ1) is 11.3. The SMILES string of the molecule is CCOc1ccc(Cl)c(C(N)CC)c1. The standard InChI is InChI=1S/C11H16ClNO/c1-3-11(13)9-7-8(14-4-2)5-6-10(9)12/h5-7,11H,3-4,13H2,1-2H3. The van der Waals surface area contributed by atoms with Gasteiger partial charge in [0.2, 0.25) is 0 Å². The monoisotopic (exact) mass is 213 g/mol. The number of ether oxygens (including phenoxy) is 1. The van der Waals surface area contributed by atoms with Crippen LogP contribution in [0.15, 0.2) is 18.2 Å². The molecule has 0 spiro atoms. The summed E-state index contributed by atoms with van der Waals surface area (Å²) in [5.74, 6) is 0.829. The molecule has 1 atom stereocenters. The first-order chi connectivity index (χ1) is 6.69. The van der Waals surface area contributed by atoms with Gasteiger partial charge in [-0.1, -0.05) is 18.5 Å². The van der Waals surface area contributed by atoms with Gasteiger partial charge in [0.25, 0.3) is 0 Å². The van der Waals surface area contributed by atoms with Crippen LogP contribution in [0, 0.1) is 0 Å². The molecule has 1 aromatic rings. The van der Waals surface area contributed by atoms with E-state index in [0.717, 1.165) is 17.7 Å². The van der Waals surface area contributed by atoms with Crippen molar-refractivity contribution < 1.29 is 4.74 Å². The van der Waals surface area contributed by atoms with E-state index in [4.69, 9.17) is 22.1 Å². The van der Waals surface area contributed by atoms with Crippen molar-refractivity contribution in [2.45, 2.75) is 26.3 Å². The minimum atomic E-state index is -0.0112. The van der Waals surface area contributed by atoms with E-state index in [0.29, 0.717) is 11.6 Å². The molecule has 0 saturated heterocycles. The van der Waals surface area contributed by atoms with E-state index < -0.39 is 0 Å². The van der Waals surface area contributed by atoms with Crippen LogP contribution in [0.5, 0.6) is 5.75 Å². The van der Waals surface area contributed by atoms with Gasteiger partial charge in [-0.3, -0.25) is 0 Å². The van der Waals surface area contributed by atoms with Crippen molar-refractivity contribution in [3.63, 3.8) is 0 Å². The molecule has 78 valence electrons. The first-order valence-corrected chi connectivity index (χ1v) is 5.24. The third-order valence-corrected chi connectivity index (χ3v) is 2.46. The molecule has 0 aromatic heterocycles. The van der Waals surface area contributed by atoms with Crippen molar-refractivity contribution in [1.29, 1.82) is 0 Å². The first-order valence-electron chi connectivity index (χ1n) is 4.86. The highest BCUT2D eigenvalue weighted by Crippen LogP contribution is 2.27. The molecular formula is C11H16ClNO. The Morgan fingerprint density at radius 3 is 2.71 bits per heavy atom. The smallest absolute Gasteiger partial charge is 0.119 e. The van der Waals surface area contributed by atoms with Crippen LogP contribution >= 0.6 is 11.6 Å². The number of nitrogens with two attached hydrogens (primary N) is 1. The molecule has 0 fully saturated rings. The third kappa shape index (κ3) is 2.63. The average molecular weight is 214 g/mol. The summed E-state index contributed by atoms with van der Waals surface area (Å²) in [5.41, 5.74) is 6.88. The maximum absolute atomic E-state index is 6.03. The predicted molar refractivity (Wildman–Crippen MR) is 59.8 cm³/mol. The summed E-state index contributed by atoms with van der Waals surface area (Å²) in [6.45, 7) is 4.64. The second-order valence-electron chi connectivity index (χ2n) is 3.13. The molecule has 2 N–H and O–H groups in total. The average Bonchev–Trinajstić information content (AvgIpc) is 2.20. The molecule has 0 amide bonds. The zero-order valence-corrected chi connectivity index (χ0v) is 9.34. The molecule has 2 nitrogen and oxygen atoms in total. The van der Waals surface area contributed by atoms with Crippen LogP contribution < -0.4 is 10.5 Å². The van der Waals surface area contributed by atoms with Gasteiger partial charge in [0.1, 0.15) is 5.75 Å². The third-order valence-electron chi connectivity index (χ3n) is 2.12.